The van der Waals surface area contributed by atoms with Crippen molar-refractivity contribution in [1.29, 1.82) is 0 Å². The minimum atomic E-state index is -2.88. The minimum absolute atomic E-state index is 0.00264. The summed E-state index contributed by atoms with van der Waals surface area (Å²) in [4.78, 5) is 15.1. The second-order valence-electron chi connectivity index (χ2n) is 7.55. The maximum absolute atomic E-state index is 13.3. The molecule has 5 nitrogen and oxygen atoms in total. The van der Waals surface area contributed by atoms with Gasteiger partial charge in [-0.2, -0.15) is 8.78 Å². The van der Waals surface area contributed by atoms with Crippen molar-refractivity contribution < 1.29 is 23.0 Å². The number of fused-ring (bicyclic) bond motifs is 1. The molecule has 2 aliphatic heterocycles. The largest absolute Gasteiger partial charge is 0.434 e. The normalized spacial score (nSPS) is 21.3. The predicted molar refractivity (Wildman–Crippen MR) is 105 cm³/mol. The fourth-order valence-electron chi connectivity index (χ4n) is 4.17. The summed E-state index contributed by atoms with van der Waals surface area (Å²) in [7, 11) is 0. The summed E-state index contributed by atoms with van der Waals surface area (Å²) in [6.07, 6.45) is 1.48. The van der Waals surface area contributed by atoms with Crippen LogP contribution in [0, 0.1) is 13.8 Å². The van der Waals surface area contributed by atoms with Crippen LogP contribution in [0.5, 0.6) is 5.75 Å². The van der Waals surface area contributed by atoms with E-state index in [0.717, 1.165) is 24.1 Å². The summed E-state index contributed by atoms with van der Waals surface area (Å²) < 4.78 is 35.9. The van der Waals surface area contributed by atoms with Gasteiger partial charge < -0.3 is 19.7 Å². The van der Waals surface area contributed by atoms with Crippen LogP contribution in [0.1, 0.15) is 46.1 Å². The Balaban J connectivity index is 1.72. The summed E-state index contributed by atoms with van der Waals surface area (Å²) in [6.45, 7) is 1.77. The molecule has 2 heterocycles. The predicted octanol–water partition coefficient (Wildman–Crippen LogP) is 4.65. The number of para-hydroxylation sites is 1. The zero-order valence-electron chi connectivity index (χ0n) is 16.5. The summed E-state index contributed by atoms with van der Waals surface area (Å²) >= 11 is 0. The molecule has 2 aromatic rings. The molecular formula is C22H24F2N2O3. The molecule has 1 N–H and O–H groups in total. The average Bonchev–Trinajstić information content (AvgIpc) is 3.20. The number of rotatable bonds is 5. The van der Waals surface area contributed by atoms with Gasteiger partial charge in [0.15, 0.2) is 0 Å². The summed E-state index contributed by atoms with van der Waals surface area (Å²) in [5, 5.41) is 3.44. The second kappa shape index (κ2) is 7.99. The summed E-state index contributed by atoms with van der Waals surface area (Å²) in [6, 6.07) is 11.0. The van der Waals surface area contributed by atoms with Crippen LogP contribution in [0.15, 0.2) is 36.4 Å². The fraction of sp³-hybridized carbons (Fsp3) is 0.409. The molecule has 0 spiro atoms. The molecule has 2 aliphatic rings. The van der Waals surface area contributed by atoms with E-state index >= 15 is 0 Å². The lowest BCUT2D eigenvalue weighted by Gasteiger charge is -2.39. The number of ether oxygens (including phenoxy) is 2. The lowest BCUT2D eigenvalue weighted by molar-refractivity contribution is -0.0507. The van der Waals surface area contributed by atoms with E-state index in [-0.39, 0.29) is 17.8 Å². The van der Waals surface area contributed by atoms with Gasteiger partial charge in [0.2, 0.25) is 0 Å². The maximum atomic E-state index is 13.3. The van der Waals surface area contributed by atoms with E-state index in [2.05, 4.69) is 10.1 Å². The van der Waals surface area contributed by atoms with E-state index in [4.69, 9.17) is 4.74 Å². The number of halogens is 2. The van der Waals surface area contributed by atoms with E-state index in [1.807, 2.05) is 18.2 Å². The second-order valence-corrected chi connectivity index (χ2v) is 7.55. The third-order valence-corrected chi connectivity index (χ3v) is 5.45. The molecule has 0 unspecified atom stereocenters. The molecule has 2 aromatic carbocycles. The van der Waals surface area contributed by atoms with E-state index in [9.17, 15) is 13.6 Å². The van der Waals surface area contributed by atoms with Gasteiger partial charge in [-0.3, -0.25) is 4.79 Å². The zero-order valence-corrected chi connectivity index (χ0v) is 16.5. The molecule has 0 aliphatic carbocycles. The van der Waals surface area contributed by atoms with Gasteiger partial charge in [-0.1, -0.05) is 12.1 Å². The van der Waals surface area contributed by atoms with Crippen molar-refractivity contribution in [2.75, 3.05) is 18.5 Å². The van der Waals surface area contributed by atoms with Crippen LogP contribution in [0.25, 0.3) is 0 Å². The first-order valence-corrected chi connectivity index (χ1v) is 9.78. The molecule has 1 amide bonds. The van der Waals surface area contributed by atoms with E-state index < -0.39 is 12.8 Å². The highest BCUT2D eigenvalue weighted by molar-refractivity contribution is 6.01. The number of alkyl halides is 2. The molecule has 1 fully saturated rings. The van der Waals surface area contributed by atoms with Gasteiger partial charge in [0.25, 0.3) is 5.91 Å². The lowest BCUT2D eigenvalue weighted by Crippen LogP contribution is -2.46. The Morgan fingerprint density at radius 2 is 1.97 bits per heavy atom. The molecule has 4 rings (SSSR count). The van der Waals surface area contributed by atoms with E-state index in [1.165, 1.54) is 0 Å². The number of amides is 1. The molecule has 0 saturated carbocycles. The van der Waals surface area contributed by atoms with Crippen molar-refractivity contribution in [3.05, 3.63) is 58.7 Å². The number of nitrogens with zero attached hydrogens (tertiary/aromatic N) is 1. The van der Waals surface area contributed by atoms with Crippen molar-refractivity contribution >= 4 is 11.6 Å². The first-order valence-electron chi connectivity index (χ1n) is 9.78. The van der Waals surface area contributed by atoms with Crippen molar-refractivity contribution in [1.82, 2.24) is 4.90 Å². The van der Waals surface area contributed by atoms with Crippen molar-refractivity contribution in [3.63, 3.8) is 0 Å². The zero-order chi connectivity index (χ0) is 20.5. The van der Waals surface area contributed by atoms with Gasteiger partial charge in [0.1, 0.15) is 11.9 Å². The van der Waals surface area contributed by atoms with Crippen LogP contribution in [-0.2, 0) is 4.74 Å². The van der Waals surface area contributed by atoms with Crippen LogP contribution in [-0.4, -0.2) is 36.7 Å². The van der Waals surface area contributed by atoms with Crippen molar-refractivity contribution in [2.24, 2.45) is 0 Å². The third kappa shape index (κ3) is 3.92. The Bertz CT molecular complexity index is 890. The number of hydrogen-bond donors (Lipinski definition) is 1. The Morgan fingerprint density at radius 3 is 2.62 bits per heavy atom. The molecule has 7 heteroatoms. The third-order valence-electron chi connectivity index (χ3n) is 5.45. The van der Waals surface area contributed by atoms with E-state index in [0.29, 0.717) is 29.8 Å². The van der Waals surface area contributed by atoms with Crippen LogP contribution in [0.4, 0.5) is 14.5 Å². The number of carbonyl (C=O) groups is 1. The summed E-state index contributed by atoms with van der Waals surface area (Å²) in [5.74, 6) is 0.111. The van der Waals surface area contributed by atoms with Crippen molar-refractivity contribution in [2.45, 2.75) is 45.6 Å². The van der Waals surface area contributed by atoms with Gasteiger partial charge in [-0.05, 0) is 67.6 Å². The monoisotopic (exact) mass is 402 g/mol. The summed E-state index contributed by atoms with van der Waals surface area (Å²) in [5.41, 5.74) is 3.40. The Hall–Kier alpha value is -2.67. The number of carbonyl (C=O) groups excluding carboxylic acids is 1. The number of hydrogen-bond acceptors (Lipinski definition) is 4. The molecule has 0 bridgehead atoms. The number of aryl methyl sites for hydroxylation is 2. The number of benzene rings is 2. The van der Waals surface area contributed by atoms with Gasteiger partial charge >= 0.3 is 6.61 Å². The standard InChI is InChI=1S/C22H24F2N2O3/c1-13-10-15(11-14(2)19(13)29-22(23)24)20-25-18-8-4-3-7-17(18)21(27)26(20)12-16-6-5-9-28-16/h3-4,7-8,10-11,16,20,22,25H,5-6,9,12H2,1-2H3/t16-,20-/m1/s1. The first kappa shape index (κ1) is 19.6. The Kier molecular flexibility index (Phi) is 5.41. The van der Waals surface area contributed by atoms with Crippen LogP contribution >= 0.6 is 0 Å². The van der Waals surface area contributed by atoms with E-state index in [1.54, 1.807) is 36.9 Å². The minimum Gasteiger partial charge on any atom is -0.434 e. The average molecular weight is 402 g/mol. The van der Waals surface area contributed by atoms with Crippen LogP contribution in [0.2, 0.25) is 0 Å². The highest BCUT2D eigenvalue weighted by Crippen LogP contribution is 2.37. The molecular weight excluding hydrogens is 378 g/mol. The molecule has 0 radical (unpaired) electrons. The Labute approximate surface area is 168 Å². The van der Waals surface area contributed by atoms with Gasteiger partial charge in [0.05, 0.1) is 11.7 Å². The first-order chi connectivity index (χ1) is 13.9. The van der Waals surface area contributed by atoms with Gasteiger partial charge in [0, 0.05) is 18.8 Å². The van der Waals surface area contributed by atoms with Crippen LogP contribution in [0.3, 0.4) is 0 Å². The van der Waals surface area contributed by atoms with Gasteiger partial charge in [-0.25, -0.2) is 0 Å². The molecule has 2 atom stereocenters. The lowest BCUT2D eigenvalue weighted by atomic mass is 9.99. The fourth-order valence-corrected chi connectivity index (χ4v) is 4.17. The van der Waals surface area contributed by atoms with Gasteiger partial charge in [-0.15, -0.1) is 0 Å². The van der Waals surface area contributed by atoms with Crippen LogP contribution < -0.4 is 10.1 Å². The molecule has 29 heavy (non-hydrogen) atoms. The molecule has 154 valence electrons. The number of anilines is 1. The van der Waals surface area contributed by atoms with Crippen molar-refractivity contribution in [3.8, 4) is 5.75 Å². The highest BCUT2D eigenvalue weighted by Gasteiger charge is 2.35. The highest BCUT2D eigenvalue weighted by atomic mass is 19.3. The topological polar surface area (TPSA) is 50.8 Å². The SMILES string of the molecule is Cc1cc([C@@H]2Nc3ccccc3C(=O)N2C[C@H]2CCCO2)cc(C)c1OC(F)F. The Morgan fingerprint density at radius 1 is 1.24 bits per heavy atom. The smallest absolute Gasteiger partial charge is 0.387 e. The quantitative estimate of drug-likeness (QED) is 0.791. The maximum Gasteiger partial charge on any atom is 0.387 e. The molecule has 1 saturated heterocycles. The number of nitrogens with one attached hydrogen (secondary N) is 1. The molecule has 0 aromatic heterocycles.